The maximum atomic E-state index is 13.4. The molecule has 3 N–H and O–H groups in total. The first-order valence-corrected chi connectivity index (χ1v) is 8.01. The van der Waals surface area contributed by atoms with E-state index in [2.05, 4.69) is 5.32 Å². The number of hydrogen-bond acceptors (Lipinski definition) is 4. The molecule has 0 saturated carbocycles. The molecule has 2 atom stereocenters. The molecule has 0 aromatic heterocycles. The SMILES string of the molecule is O=C(NC(C(=O)NO)c1ccc(-c2cc(F)c(F)c(F)c2)cc1)C1CCO1. The molecule has 0 spiro atoms. The Morgan fingerprint density at radius 2 is 1.67 bits per heavy atom. The van der Waals surface area contributed by atoms with Gasteiger partial charge in [0, 0.05) is 6.42 Å². The van der Waals surface area contributed by atoms with Crippen molar-refractivity contribution in [3.8, 4) is 11.1 Å². The highest BCUT2D eigenvalue weighted by atomic mass is 19.2. The molecule has 6 nitrogen and oxygen atoms in total. The molecule has 3 rings (SSSR count). The molecule has 0 radical (unpaired) electrons. The number of hydrogen-bond donors (Lipinski definition) is 3. The van der Waals surface area contributed by atoms with Crippen LogP contribution in [0.4, 0.5) is 13.2 Å². The van der Waals surface area contributed by atoms with Crippen molar-refractivity contribution in [3.05, 3.63) is 59.4 Å². The molecule has 0 bridgehead atoms. The predicted molar refractivity (Wildman–Crippen MR) is 86.9 cm³/mol. The Morgan fingerprint density at radius 3 is 2.15 bits per heavy atom. The number of nitrogens with one attached hydrogen (secondary N) is 2. The summed E-state index contributed by atoms with van der Waals surface area (Å²) in [6.07, 6.45) is -0.122. The van der Waals surface area contributed by atoms with Gasteiger partial charge in [-0.3, -0.25) is 14.8 Å². The zero-order valence-corrected chi connectivity index (χ0v) is 13.8. The Labute approximate surface area is 151 Å². The van der Waals surface area contributed by atoms with Gasteiger partial charge in [-0.2, -0.15) is 0 Å². The van der Waals surface area contributed by atoms with Gasteiger partial charge in [-0.05, 0) is 28.8 Å². The zero-order valence-electron chi connectivity index (χ0n) is 13.8. The number of benzene rings is 2. The van der Waals surface area contributed by atoms with Crippen molar-refractivity contribution in [1.82, 2.24) is 10.8 Å². The van der Waals surface area contributed by atoms with E-state index in [0.717, 1.165) is 12.1 Å². The number of carbonyl (C=O) groups is 2. The minimum atomic E-state index is -1.56. The number of halogens is 3. The van der Waals surface area contributed by atoms with Crippen LogP contribution < -0.4 is 10.8 Å². The van der Waals surface area contributed by atoms with Crippen molar-refractivity contribution in [2.75, 3.05) is 6.61 Å². The third-order valence-electron chi connectivity index (χ3n) is 4.21. The lowest BCUT2D eigenvalue weighted by Crippen LogP contribution is -2.47. The van der Waals surface area contributed by atoms with Gasteiger partial charge in [0.2, 0.25) is 5.91 Å². The minimum Gasteiger partial charge on any atom is -0.368 e. The van der Waals surface area contributed by atoms with Crippen LogP contribution in [0.5, 0.6) is 0 Å². The summed E-state index contributed by atoms with van der Waals surface area (Å²) < 4.78 is 44.9. The van der Waals surface area contributed by atoms with Crippen LogP contribution in [-0.2, 0) is 14.3 Å². The molecule has 2 unspecified atom stereocenters. The van der Waals surface area contributed by atoms with E-state index in [1.807, 2.05) is 0 Å². The van der Waals surface area contributed by atoms with Crippen LogP contribution in [0, 0.1) is 17.5 Å². The summed E-state index contributed by atoms with van der Waals surface area (Å²) in [5, 5.41) is 11.4. The molecule has 142 valence electrons. The zero-order chi connectivity index (χ0) is 19.6. The first-order valence-electron chi connectivity index (χ1n) is 8.01. The van der Waals surface area contributed by atoms with E-state index < -0.39 is 41.4 Å². The van der Waals surface area contributed by atoms with Crippen molar-refractivity contribution in [2.24, 2.45) is 0 Å². The molecule has 1 heterocycles. The maximum Gasteiger partial charge on any atom is 0.270 e. The molecular formula is C18H15F3N2O4. The van der Waals surface area contributed by atoms with Crippen molar-refractivity contribution >= 4 is 11.8 Å². The fourth-order valence-electron chi connectivity index (χ4n) is 2.63. The molecule has 1 aliphatic heterocycles. The van der Waals surface area contributed by atoms with Crippen molar-refractivity contribution in [2.45, 2.75) is 18.6 Å². The third-order valence-corrected chi connectivity index (χ3v) is 4.21. The smallest absolute Gasteiger partial charge is 0.270 e. The van der Waals surface area contributed by atoms with E-state index in [1.165, 1.54) is 29.7 Å². The quantitative estimate of drug-likeness (QED) is 0.422. The molecule has 1 fully saturated rings. The Bertz CT molecular complexity index is 846. The highest BCUT2D eigenvalue weighted by Gasteiger charge is 2.31. The summed E-state index contributed by atoms with van der Waals surface area (Å²) >= 11 is 0. The normalized spacial score (nSPS) is 17.0. The second kappa shape index (κ2) is 7.77. The van der Waals surface area contributed by atoms with Crippen LogP contribution in [0.2, 0.25) is 0 Å². The van der Waals surface area contributed by atoms with Crippen LogP contribution in [0.15, 0.2) is 36.4 Å². The number of rotatable bonds is 5. The molecule has 0 aliphatic carbocycles. The molecule has 1 aliphatic rings. The van der Waals surface area contributed by atoms with Gasteiger partial charge in [-0.15, -0.1) is 0 Å². The van der Waals surface area contributed by atoms with Crippen molar-refractivity contribution in [3.63, 3.8) is 0 Å². The Hall–Kier alpha value is -2.91. The minimum absolute atomic E-state index is 0.105. The largest absolute Gasteiger partial charge is 0.368 e. The highest BCUT2D eigenvalue weighted by Crippen LogP contribution is 2.26. The molecule has 2 amide bonds. The molecule has 2 aromatic rings. The monoisotopic (exact) mass is 380 g/mol. The molecular weight excluding hydrogens is 365 g/mol. The summed E-state index contributed by atoms with van der Waals surface area (Å²) in [5.41, 5.74) is 2.27. The van der Waals surface area contributed by atoms with Gasteiger partial charge in [0.25, 0.3) is 5.91 Å². The van der Waals surface area contributed by atoms with Gasteiger partial charge in [0.05, 0.1) is 6.61 Å². The number of ether oxygens (including phenoxy) is 1. The summed E-state index contributed by atoms with van der Waals surface area (Å²) in [4.78, 5) is 23.9. The van der Waals surface area contributed by atoms with E-state index >= 15 is 0 Å². The van der Waals surface area contributed by atoms with Crippen LogP contribution in [0.25, 0.3) is 11.1 Å². The van der Waals surface area contributed by atoms with Crippen LogP contribution in [0.3, 0.4) is 0 Å². The summed E-state index contributed by atoms with van der Waals surface area (Å²) in [5.74, 6) is -5.56. The molecule has 2 aromatic carbocycles. The summed E-state index contributed by atoms with van der Waals surface area (Å²) in [7, 11) is 0. The Morgan fingerprint density at radius 1 is 1.07 bits per heavy atom. The molecule has 27 heavy (non-hydrogen) atoms. The topological polar surface area (TPSA) is 87.7 Å². The number of carbonyl (C=O) groups excluding carboxylic acids is 2. The second-order valence-corrected chi connectivity index (χ2v) is 5.94. The second-order valence-electron chi connectivity index (χ2n) is 5.94. The fourth-order valence-corrected chi connectivity index (χ4v) is 2.63. The van der Waals surface area contributed by atoms with Gasteiger partial charge in [-0.25, -0.2) is 18.7 Å². The van der Waals surface area contributed by atoms with Gasteiger partial charge in [0.1, 0.15) is 12.1 Å². The lowest BCUT2D eigenvalue weighted by atomic mass is 9.99. The van der Waals surface area contributed by atoms with Gasteiger partial charge >= 0.3 is 0 Å². The summed E-state index contributed by atoms with van der Waals surface area (Å²) in [6.45, 7) is 0.453. The number of hydroxylamine groups is 1. The highest BCUT2D eigenvalue weighted by molar-refractivity contribution is 5.90. The average molecular weight is 380 g/mol. The van der Waals surface area contributed by atoms with Gasteiger partial charge in [-0.1, -0.05) is 24.3 Å². The first kappa shape index (κ1) is 18.9. The van der Waals surface area contributed by atoms with Crippen LogP contribution in [-0.4, -0.2) is 29.7 Å². The standard InChI is InChI=1S/C18H15F3N2O4/c19-12-7-11(8-13(20)15(12)21)9-1-3-10(4-2-9)16(18(25)23-26)22-17(24)14-5-6-27-14/h1-4,7-8,14,16,26H,5-6H2,(H,22,24)(H,23,25). The first-order chi connectivity index (χ1) is 12.9. The Balaban J connectivity index is 1.84. The molecule has 9 heteroatoms. The average Bonchev–Trinajstić information content (AvgIpc) is 2.62. The van der Waals surface area contributed by atoms with Crippen LogP contribution in [0.1, 0.15) is 18.0 Å². The van der Waals surface area contributed by atoms with E-state index in [0.29, 0.717) is 24.2 Å². The maximum absolute atomic E-state index is 13.4. The molecule has 1 saturated heterocycles. The predicted octanol–water partition coefficient (Wildman–Crippen LogP) is 2.22. The third kappa shape index (κ3) is 3.93. The van der Waals surface area contributed by atoms with E-state index in [-0.39, 0.29) is 5.56 Å². The number of amides is 2. The van der Waals surface area contributed by atoms with E-state index in [4.69, 9.17) is 9.94 Å². The fraction of sp³-hybridized carbons (Fsp3) is 0.222. The van der Waals surface area contributed by atoms with E-state index in [9.17, 15) is 22.8 Å². The summed E-state index contributed by atoms with van der Waals surface area (Å²) in [6, 6.07) is 6.28. The van der Waals surface area contributed by atoms with Gasteiger partial charge < -0.3 is 10.1 Å². The van der Waals surface area contributed by atoms with E-state index in [1.54, 1.807) is 0 Å². The van der Waals surface area contributed by atoms with Crippen molar-refractivity contribution < 1.29 is 32.7 Å². The van der Waals surface area contributed by atoms with Crippen LogP contribution >= 0.6 is 0 Å². The Kier molecular flexibility index (Phi) is 5.43. The lowest BCUT2D eigenvalue weighted by Gasteiger charge is -2.27. The van der Waals surface area contributed by atoms with Crippen molar-refractivity contribution in [1.29, 1.82) is 0 Å². The van der Waals surface area contributed by atoms with Gasteiger partial charge in [0.15, 0.2) is 17.5 Å². The lowest BCUT2D eigenvalue weighted by molar-refractivity contribution is -0.148.